The molecule has 0 unspecified atom stereocenters. The van der Waals surface area contributed by atoms with Crippen molar-refractivity contribution in [3.63, 3.8) is 0 Å². The van der Waals surface area contributed by atoms with Crippen LogP contribution in [0, 0.1) is 0 Å². The van der Waals surface area contributed by atoms with Crippen LogP contribution >= 0.6 is 0 Å². The van der Waals surface area contributed by atoms with E-state index >= 15 is 0 Å². The molecule has 84 heavy (non-hydrogen) atoms. The van der Waals surface area contributed by atoms with E-state index in [1.165, 1.54) is 10.8 Å². The summed E-state index contributed by atoms with van der Waals surface area (Å²) in [6.07, 6.45) is 0. The topological polar surface area (TPSA) is 120 Å². The molecule has 0 bridgehead atoms. The van der Waals surface area contributed by atoms with Gasteiger partial charge in [-0.15, -0.1) is 0 Å². The quantitative estimate of drug-likeness (QED) is 0.0379. The summed E-state index contributed by atoms with van der Waals surface area (Å²) in [6, 6.07) is 74.5. The second kappa shape index (κ2) is 17.8. The van der Waals surface area contributed by atoms with E-state index < -0.39 is 30.5 Å². The highest BCUT2D eigenvalue weighted by Gasteiger charge is 2.37. The molecule has 0 atom stereocenters. The van der Waals surface area contributed by atoms with Crippen LogP contribution in [-0.4, -0.2) is 55.2 Å². The molecule has 0 radical (unpaired) electrons. The van der Waals surface area contributed by atoms with Gasteiger partial charge in [0.2, 0.25) is 0 Å². The first kappa shape index (κ1) is 47.4. The summed E-state index contributed by atoms with van der Waals surface area (Å²) in [7, 11) is 0. The number of benzene rings is 14. The molecule has 0 aliphatic carbocycles. The van der Waals surface area contributed by atoms with Crippen molar-refractivity contribution in [3.8, 4) is 0 Å². The Balaban J connectivity index is 0.000000133. The van der Waals surface area contributed by atoms with Crippen molar-refractivity contribution in [3.05, 3.63) is 241 Å². The van der Waals surface area contributed by atoms with Gasteiger partial charge in [0.25, 0.3) is 18.3 Å². The third kappa shape index (κ3) is 6.55. The number of hydrogen-bond donors (Lipinski definition) is 0. The Kier molecular flexibility index (Phi) is 10.1. The molecule has 14 aromatic carbocycles. The van der Waals surface area contributed by atoms with Crippen molar-refractivity contribution in [2.75, 3.05) is 39.7 Å². The highest BCUT2D eigenvalue weighted by molar-refractivity contribution is 6.41. The number of carbonyl (C=O) groups excluding carboxylic acids is 5. The van der Waals surface area contributed by atoms with Gasteiger partial charge in [-0.2, -0.15) is 0 Å². The number of fused-ring (bicyclic) bond motifs is 4. The minimum atomic E-state index is -0.589. The molecular weight excluding hydrogens is 1050 g/mol. The fourth-order valence-electron chi connectivity index (χ4n) is 14.0. The van der Waals surface area contributed by atoms with E-state index in [4.69, 9.17) is 9.47 Å². The second-order valence-corrected chi connectivity index (χ2v) is 21.6. The maximum Gasteiger partial charge on any atom is 0.346 e. The van der Waals surface area contributed by atoms with Gasteiger partial charge in [0.15, 0.2) is 6.73 Å². The summed E-state index contributed by atoms with van der Waals surface area (Å²) < 4.78 is 9.84. The van der Waals surface area contributed by atoms with Crippen LogP contribution < -0.4 is 19.6 Å². The number of nitrogens with zero attached hydrogens (tertiary/aromatic N) is 5. The van der Waals surface area contributed by atoms with Crippen LogP contribution in [0.25, 0.3) is 86.2 Å². The van der Waals surface area contributed by atoms with Crippen LogP contribution in [-0.2, 0) is 14.3 Å². The first-order valence-corrected chi connectivity index (χ1v) is 27.7. The fourth-order valence-corrected chi connectivity index (χ4v) is 14.0. The zero-order valence-corrected chi connectivity index (χ0v) is 44.6. The maximum atomic E-state index is 13.5. The summed E-state index contributed by atoms with van der Waals surface area (Å²) in [5, 5.41) is 16.2. The molecule has 4 heterocycles. The zero-order chi connectivity index (χ0) is 56.1. The Labute approximate surface area is 478 Å². The molecule has 14 aromatic rings. The van der Waals surface area contributed by atoms with Crippen LogP contribution in [0.4, 0.5) is 45.5 Å². The average molecular weight is 1090 g/mol. The van der Waals surface area contributed by atoms with Crippen molar-refractivity contribution >= 4 is 162 Å². The van der Waals surface area contributed by atoms with Gasteiger partial charge in [-0.3, -0.25) is 14.4 Å². The van der Waals surface area contributed by atoms with Crippen LogP contribution in [0.5, 0.6) is 0 Å². The number of imide groups is 1. The Bertz CT molecular complexity index is 4900. The van der Waals surface area contributed by atoms with Crippen molar-refractivity contribution in [2.24, 2.45) is 0 Å². The highest BCUT2D eigenvalue weighted by atomic mass is 16.6. The van der Waals surface area contributed by atoms with Crippen LogP contribution in [0.15, 0.2) is 218 Å². The van der Waals surface area contributed by atoms with E-state index in [-0.39, 0.29) is 6.47 Å². The monoisotopic (exact) mass is 1090 g/mol. The third-order valence-corrected chi connectivity index (χ3v) is 17.6. The van der Waals surface area contributed by atoms with Crippen LogP contribution in [0.2, 0.25) is 0 Å². The molecule has 4 aliphatic rings. The number of rotatable bonds is 7. The van der Waals surface area contributed by atoms with Gasteiger partial charge in [0, 0.05) is 66.2 Å². The molecule has 12 nitrogen and oxygen atoms in total. The lowest BCUT2D eigenvalue weighted by atomic mass is 9.84. The van der Waals surface area contributed by atoms with E-state index in [9.17, 15) is 24.0 Å². The van der Waals surface area contributed by atoms with E-state index in [1.807, 2.05) is 48.5 Å². The maximum absolute atomic E-state index is 13.5. The molecule has 0 saturated heterocycles. The van der Waals surface area contributed by atoms with Gasteiger partial charge < -0.3 is 29.1 Å². The Morgan fingerprint density at radius 1 is 0.321 bits per heavy atom. The predicted molar refractivity (Wildman–Crippen MR) is 332 cm³/mol. The number of carbonyl (C=O) groups is 5. The van der Waals surface area contributed by atoms with Gasteiger partial charge >= 0.3 is 11.9 Å². The number of para-hydroxylation sites is 4. The zero-order valence-electron chi connectivity index (χ0n) is 44.6. The number of amides is 2. The molecular formula is C72H43N5O7. The van der Waals surface area contributed by atoms with E-state index in [0.717, 1.165) is 115 Å². The number of ether oxygens (including phenoxy) is 2. The second-order valence-electron chi connectivity index (χ2n) is 21.6. The smallest absolute Gasteiger partial charge is 0.346 e. The fraction of sp³-hybridized carbons (Fsp3) is 0.0417. The van der Waals surface area contributed by atoms with Gasteiger partial charge in [-0.25, -0.2) is 14.5 Å². The number of cyclic esters (lactones) is 2. The molecule has 398 valence electrons. The standard InChI is InChI=1S/C37H23N3O4.C35H20N2O3/c41-21-44-20-40-36(42)28-13-11-24-26-15-17-30-35-31(18-16-27(33(26)35)25-12-14-29(37(40)43)34(28)32(24)25)39(23-9-5-2-6-10-23)19-38(30)22-7-3-1-4-8-22;38-34-26-13-11-22-24-15-17-28-33-29(37(21-9-5-2-6-10-21)19-36(28)20-7-3-1-4-8-20)18-16-25(31(24)33)23-12-14-27(35(39)40-34)32(26)30(22)23/h1-18,21H,19-20H2;1-18H,19H2. The summed E-state index contributed by atoms with van der Waals surface area (Å²) >= 11 is 0. The SMILES string of the molecule is O=C1OC(=O)c2ccc3c4ccc5c6c(ccc(c7ccc1c2c73)c64)N(c1ccccc1)CN5c1ccccc1.O=COCN1C(=O)c2ccc3c4ccc5c6c(ccc(c7ccc(c2c37)C1=O)c64)N(c1ccccc1)CN5c1ccccc1. The molecule has 0 aromatic heterocycles. The van der Waals surface area contributed by atoms with Gasteiger partial charge in [0.05, 0.1) is 47.2 Å². The van der Waals surface area contributed by atoms with Crippen molar-refractivity contribution < 1.29 is 33.4 Å². The van der Waals surface area contributed by atoms with Crippen molar-refractivity contribution in [1.82, 2.24) is 4.90 Å². The average Bonchev–Trinajstić information content (AvgIpc) is 1.10. The van der Waals surface area contributed by atoms with Crippen LogP contribution in [0.3, 0.4) is 0 Å². The normalized spacial score (nSPS) is 14.5. The lowest BCUT2D eigenvalue weighted by Crippen LogP contribution is -2.41. The lowest BCUT2D eigenvalue weighted by molar-refractivity contribution is -0.131. The van der Waals surface area contributed by atoms with Crippen molar-refractivity contribution in [2.45, 2.75) is 0 Å². The Hall–Kier alpha value is -11.4. The molecule has 0 saturated carbocycles. The minimum absolute atomic E-state index is 0.239. The highest BCUT2D eigenvalue weighted by Crippen LogP contribution is 2.54. The summed E-state index contributed by atoms with van der Waals surface area (Å²) in [5.74, 6) is -2.12. The van der Waals surface area contributed by atoms with E-state index in [1.54, 1.807) is 24.3 Å². The number of hydrogen-bond acceptors (Lipinski definition) is 11. The van der Waals surface area contributed by atoms with E-state index in [2.05, 4.69) is 165 Å². The molecule has 0 fully saturated rings. The number of esters is 2. The molecule has 0 spiro atoms. The minimum Gasteiger partial charge on any atom is -0.446 e. The van der Waals surface area contributed by atoms with Crippen molar-refractivity contribution in [1.29, 1.82) is 0 Å². The first-order chi connectivity index (χ1) is 41.3. The molecule has 2 amide bonds. The van der Waals surface area contributed by atoms with Crippen LogP contribution in [0.1, 0.15) is 41.4 Å². The van der Waals surface area contributed by atoms with Gasteiger partial charge in [-0.1, -0.05) is 121 Å². The third-order valence-electron chi connectivity index (χ3n) is 17.6. The Morgan fingerprint density at radius 2 is 0.595 bits per heavy atom. The summed E-state index contributed by atoms with van der Waals surface area (Å²) in [4.78, 5) is 73.5. The first-order valence-electron chi connectivity index (χ1n) is 27.7. The molecule has 18 rings (SSSR count). The molecule has 4 aliphatic heterocycles. The summed E-state index contributed by atoms with van der Waals surface area (Å²) in [6.45, 7) is 1.15. The molecule has 12 heteroatoms. The summed E-state index contributed by atoms with van der Waals surface area (Å²) in [5.41, 5.74) is 10.8. The van der Waals surface area contributed by atoms with Gasteiger partial charge in [-0.05, 0) is 151 Å². The van der Waals surface area contributed by atoms with Gasteiger partial charge in [0.1, 0.15) is 0 Å². The van der Waals surface area contributed by atoms with E-state index in [0.29, 0.717) is 46.4 Å². The lowest BCUT2D eigenvalue weighted by Gasteiger charge is -2.40. The predicted octanol–water partition coefficient (Wildman–Crippen LogP) is 16.0. The largest absolute Gasteiger partial charge is 0.446 e. The Morgan fingerprint density at radius 3 is 0.905 bits per heavy atom. The number of anilines is 8. The molecule has 0 N–H and O–H groups in total.